The van der Waals surface area contributed by atoms with E-state index < -0.39 is 5.92 Å². The minimum Gasteiger partial charge on any atom is -0.511 e. The molecule has 0 saturated heterocycles. The number of benzene rings is 1. The Morgan fingerprint density at radius 2 is 1.48 bits per heavy atom. The van der Waals surface area contributed by atoms with Gasteiger partial charge in [0.05, 0.1) is 11.5 Å². The second kappa shape index (κ2) is 8.51. The molecule has 1 N–H and O–H groups in total. The fourth-order valence-corrected chi connectivity index (χ4v) is 9.58. The van der Waals surface area contributed by atoms with Crippen molar-refractivity contribution in [3.63, 3.8) is 0 Å². The fourth-order valence-electron chi connectivity index (χ4n) is 9.58. The monoisotopic (exact) mass is 567 g/mol. The van der Waals surface area contributed by atoms with Crippen molar-refractivity contribution in [3.05, 3.63) is 56.9 Å². The molecule has 7 rings (SSSR count). The number of aliphatic hydroxyl groups excluding tert-OH is 1. The summed E-state index contributed by atoms with van der Waals surface area (Å²) < 4.78 is 2.59. The molecule has 42 heavy (non-hydrogen) atoms. The zero-order chi connectivity index (χ0) is 30.3. The van der Waals surface area contributed by atoms with E-state index in [9.17, 15) is 9.90 Å². The molecular weight excluding hydrogens is 516 g/mol. The van der Waals surface area contributed by atoms with E-state index in [4.69, 9.17) is 0 Å². The lowest BCUT2D eigenvalue weighted by molar-refractivity contribution is -0.539. The first-order valence-electron chi connectivity index (χ1n) is 16.5. The fraction of sp³-hybridized carbons (Fsp3) is 0.632. The summed E-state index contributed by atoms with van der Waals surface area (Å²) in [5, 5.41) is 11.9. The first-order valence-corrected chi connectivity index (χ1v) is 16.5. The van der Waals surface area contributed by atoms with Gasteiger partial charge in [-0.25, -0.2) is 4.58 Å². The van der Waals surface area contributed by atoms with Gasteiger partial charge in [0.1, 0.15) is 18.8 Å². The summed E-state index contributed by atoms with van der Waals surface area (Å²) in [5.41, 5.74) is 12.5. The van der Waals surface area contributed by atoms with E-state index >= 15 is 0 Å². The summed E-state index contributed by atoms with van der Waals surface area (Å²) in [6.45, 7) is 27.7. The number of aliphatic hydroxyl groups is 1. The van der Waals surface area contributed by atoms with E-state index in [-0.39, 0.29) is 33.4 Å². The van der Waals surface area contributed by atoms with E-state index in [1.165, 1.54) is 44.8 Å². The van der Waals surface area contributed by atoms with Crippen molar-refractivity contribution in [2.45, 2.75) is 106 Å². The van der Waals surface area contributed by atoms with Crippen LogP contribution in [0.1, 0.15) is 110 Å². The highest BCUT2D eigenvalue weighted by molar-refractivity contribution is 6.30. The van der Waals surface area contributed by atoms with Gasteiger partial charge in [-0.2, -0.15) is 0 Å². The Labute approximate surface area is 253 Å². The quantitative estimate of drug-likeness (QED) is 0.371. The number of carbonyl (C=O) groups is 1. The standard InChI is InChI=1S/C38H50N2O2/c1-21-23(19-25-31-29(21)37(7,8)13-17-39(31)15-11-35(25,3)4)27-33(41)28(34(27)42)24-20-26-32-30(22(24)2)38(9,10)14-18-40(32)16-12-36(26,5)6/h19-20,23,27H,11-18H2,1-10H3/p+1. The lowest BCUT2D eigenvalue weighted by atomic mass is 9.58. The van der Waals surface area contributed by atoms with Crippen LogP contribution in [0.4, 0.5) is 5.69 Å². The Balaban J connectivity index is 1.40. The Hall–Kier alpha value is -2.62. The van der Waals surface area contributed by atoms with Gasteiger partial charge in [0.15, 0.2) is 5.78 Å². The molecule has 4 heterocycles. The number of nitrogens with zero attached hydrogens (tertiary/aromatic N) is 2. The highest BCUT2D eigenvalue weighted by Gasteiger charge is 2.54. The molecule has 0 bridgehead atoms. The molecule has 0 fully saturated rings. The minimum absolute atomic E-state index is 0.0303. The van der Waals surface area contributed by atoms with Crippen molar-refractivity contribution in [1.29, 1.82) is 0 Å². The van der Waals surface area contributed by atoms with Crippen LogP contribution in [0.2, 0.25) is 0 Å². The second-order valence-corrected chi connectivity index (χ2v) is 16.9. The highest BCUT2D eigenvalue weighted by Crippen LogP contribution is 2.56. The molecule has 4 heteroatoms. The third kappa shape index (κ3) is 3.59. The summed E-state index contributed by atoms with van der Waals surface area (Å²) >= 11 is 0. The van der Waals surface area contributed by atoms with Crippen LogP contribution in [0.15, 0.2) is 34.6 Å². The van der Waals surface area contributed by atoms with Gasteiger partial charge in [0.25, 0.3) is 0 Å². The normalized spacial score (nSPS) is 30.1. The van der Waals surface area contributed by atoms with Crippen molar-refractivity contribution >= 4 is 22.8 Å². The van der Waals surface area contributed by atoms with Crippen LogP contribution in [0.25, 0.3) is 5.57 Å². The molecule has 4 aliphatic heterocycles. The van der Waals surface area contributed by atoms with Gasteiger partial charge in [0, 0.05) is 59.5 Å². The van der Waals surface area contributed by atoms with E-state index in [0.29, 0.717) is 11.3 Å². The van der Waals surface area contributed by atoms with Gasteiger partial charge in [-0.1, -0.05) is 67.0 Å². The third-order valence-electron chi connectivity index (χ3n) is 12.5. The summed E-state index contributed by atoms with van der Waals surface area (Å²) in [6.07, 6.45) is 6.83. The summed E-state index contributed by atoms with van der Waals surface area (Å²) in [5.74, 6) is -0.161. The van der Waals surface area contributed by atoms with Crippen molar-refractivity contribution in [3.8, 4) is 0 Å². The SMILES string of the molecule is CC1=C2C3=[N+](CCC(C)(C)C3=CC1C1C(=O)C(c3cc4c5c(c3C)C(C)(C)CCN5CCC4(C)C)=C1O)CCC2(C)C. The molecule has 0 aromatic heterocycles. The van der Waals surface area contributed by atoms with Gasteiger partial charge >= 0.3 is 0 Å². The molecule has 0 saturated carbocycles. The predicted molar refractivity (Wildman–Crippen MR) is 173 cm³/mol. The van der Waals surface area contributed by atoms with Gasteiger partial charge < -0.3 is 10.0 Å². The molecule has 0 amide bonds. The lowest BCUT2D eigenvalue weighted by Gasteiger charge is -2.49. The van der Waals surface area contributed by atoms with Crippen molar-refractivity contribution in [2.75, 3.05) is 31.1 Å². The van der Waals surface area contributed by atoms with Crippen molar-refractivity contribution < 1.29 is 14.5 Å². The molecule has 224 valence electrons. The molecule has 2 aliphatic carbocycles. The molecule has 4 nitrogen and oxygen atoms in total. The molecule has 0 spiro atoms. The van der Waals surface area contributed by atoms with Crippen molar-refractivity contribution in [1.82, 2.24) is 0 Å². The van der Waals surface area contributed by atoms with E-state index in [0.717, 1.165) is 57.4 Å². The van der Waals surface area contributed by atoms with Crippen LogP contribution in [-0.4, -0.2) is 47.4 Å². The number of carbonyl (C=O) groups excluding carboxylic acids is 1. The molecule has 1 aromatic carbocycles. The van der Waals surface area contributed by atoms with Gasteiger partial charge in [-0.15, -0.1) is 0 Å². The number of ketones is 1. The van der Waals surface area contributed by atoms with Crippen molar-refractivity contribution in [2.24, 2.45) is 22.7 Å². The minimum atomic E-state index is -0.491. The Bertz CT molecular complexity index is 1580. The van der Waals surface area contributed by atoms with Crippen LogP contribution in [0.5, 0.6) is 0 Å². The van der Waals surface area contributed by atoms with Crippen LogP contribution < -0.4 is 4.90 Å². The van der Waals surface area contributed by atoms with Crippen LogP contribution in [-0.2, 0) is 15.6 Å². The summed E-state index contributed by atoms with van der Waals surface area (Å²) in [4.78, 5) is 17.0. The number of anilines is 1. The Morgan fingerprint density at radius 1 is 0.857 bits per heavy atom. The van der Waals surface area contributed by atoms with Gasteiger partial charge in [-0.3, -0.25) is 4.79 Å². The van der Waals surface area contributed by atoms with E-state index in [1.807, 2.05) is 0 Å². The molecule has 2 unspecified atom stereocenters. The third-order valence-corrected chi connectivity index (χ3v) is 12.5. The Kier molecular flexibility index (Phi) is 5.71. The predicted octanol–water partition coefficient (Wildman–Crippen LogP) is 7.82. The molecule has 0 radical (unpaired) electrons. The number of hydrogen-bond acceptors (Lipinski definition) is 3. The summed E-state index contributed by atoms with van der Waals surface area (Å²) in [6, 6.07) is 2.28. The maximum Gasteiger partial charge on any atom is 0.207 e. The maximum absolute atomic E-state index is 14.4. The average molecular weight is 568 g/mol. The number of allylic oxidation sites excluding steroid dienone is 6. The largest absolute Gasteiger partial charge is 0.511 e. The zero-order valence-corrected chi connectivity index (χ0v) is 27.7. The molecular formula is C38H51N2O2+. The van der Waals surface area contributed by atoms with E-state index in [2.05, 4.69) is 90.9 Å². The van der Waals surface area contributed by atoms with Crippen LogP contribution in [0, 0.1) is 29.6 Å². The summed E-state index contributed by atoms with van der Waals surface area (Å²) in [7, 11) is 0. The van der Waals surface area contributed by atoms with E-state index in [1.54, 1.807) is 0 Å². The second-order valence-electron chi connectivity index (χ2n) is 16.9. The lowest BCUT2D eigenvalue weighted by Crippen LogP contribution is -2.49. The average Bonchev–Trinajstić information content (AvgIpc) is 2.88. The highest BCUT2D eigenvalue weighted by atomic mass is 16.3. The maximum atomic E-state index is 14.4. The number of Topliss-reactive ketones (excluding diaryl/α,β-unsaturated/α-hetero) is 1. The molecule has 6 aliphatic rings. The molecule has 1 aromatic rings. The molecule has 2 atom stereocenters. The zero-order valence-electron chi connectivity index (χ0n) is 27.7. The Morgan fingerprint density at radius 3 is 2.12 bits per heavy atom. The topological polar surface area (TPSA) is 43.5 Å². The first-order chi connectivity index (χ1) is 19.5. The van der Waals surface area contributed by atoms with Crippen LogP contribution >= 0.6 is 0 Å². The number of hydrogen-bond donors (Lipinski definition) is 1. The number of rotatable bonds is 2. The van der Waals surface area contributed by atoms with Crippen LogP contribution in [0.3, 0.4) is 0 Å². The van der Waals surface area contributed by atoms with Gasteiger partial charge in [0.2, 0.25) is 5.71 Å². The first kappa shape index (κ1) is 28.2. The smallest absolute Gasteiger partial charge is 0.207 e. The van der Waals surface area contributed by atoms with Gasteiger partial charge in [-0.05, 0) is 65.8 Å².